The van der Waals surface area contributed by atoms with Gasteiger partial charge in [0.05, 0.1) is 10.5 Å². The zero-order valence-corrected chi connectivity index (χ0v) is 16.2. The van der Waals surface area contributed by atoms with Gasteiger partial charge in [0.1, 0.15) is 5.82 Å². The van der Waals surface area contributed by atoms with Crippen molar-refractivity contribution >= 4 is 15.8 Å². The highest BCUT2D eigenvalue weighted by Gasteiger charge is 2.40. The van der Waals surface area contributed by atoms with Crippen molar-refractivity contribution < 1.29 is 12.8 Å². The second kappa shape index (κ2) is 7.72. The Bertz CT molecular complexity index is 714. The normalized spacial score (nSPS) is 21.0. The Kier molecular flexibility index (Phi) is 6.08. The molecule has 0 amide bonds. The van der Waals surface area contributed by atoms with Crippen molar-refractivity contribution in [2.75, 3.05) is 31.9 Å². The van der Waals surface area contributed by atoms with E-state index in [9.17, 15) is 12.8 Å². The molecular weight excluding hydrogens is 341 g/mol. The maximum atomic E-state index is 13.0. The third-order valence-corrected chi connectivity index (χ3v) is 7.16. The topological polar surface area (TPSA) is 61.8 Å². The number of guanidine groups is 1. The van der Waals surface area contributed by atoms with Crippen LogP contribution in [0.5, 0.6) is 0 Å². The summed E-state index contributed by atoms with van der Waals surface area (Å²) in [7, 11) is -3.08. The van der Waals surface area contributed by atoms with Gasteiger partial charge in [-0.25, -0.2) is 12.8 Å². The summed E-state index contributed by atoms with van der Waals surface area (Å²) < 4.78 is 36.6. The molecule has 1 fully saturated rings. The molecule has 5 nitrogen and oxygen atoms in total. The second-order valence-electron chi connectivity index (χ2n) is 7.15. The Hall–Kier alpha value is -1.63. The first-order chi connectivity index (χ1) is 11.7. The number of sulfone groups is 1. The molecule has 25 heavy (non-hydrogen) atoms. The number of hydrogen-bond donors (Lipinski definition) is 1. The number of halogens is 1. The highest BCUT2D eigenvalue weighted by molar-refractivity contribution is 7.92. The van der Waals surface area contributed by atoms with Crippen LogP contribution in [0.25, 0.3) is 0 Å². The van der Waals surface area contributed by atoms with Crippen LogP contribution in [0.2, 0.25) is 0 Å². The first-order valence-electron chi connectivity index (χ1n) is 8.67. The molecule has 0 saturated carbocycles. The van der Waals surface area contributed by atoms with E-state index in [0.29, 0.717) is 26.2 Å². The van der Waals surface area contributed by atoms with Crippen molar-refractivity contribution in [3.63, 3.8) is 0 Å². The molecule has 1 aliphatic heterocycles. The zero-order chi connectivity index (χ0) is 18.7. The minimum absolute atomic E-state index is 0.137. The van der Waals surface area contributed by atoms with Crippen LogP contribution in [0.15, 0.2) is 29.3 Å². The van der Waals surface area contributed by atoms with E-state index in [1.807, 2.05) is 18.7 Å². The molecule has 1 aliphatic rings. The van der Waals surface area contributed by atoms with E-state index in [1.54, 1.807) is 26.0 Å². The van der Waals surface area contributed by atoms with Crippen molar-refractivity contribution in [3.8, 4) is 0 Å². The van der Waals surface area contributed by atoms with Crippen LogP contribution in [-0.4, -0.2) is 56.0 Å². The average molecular weight is 370 g/mol. The molecule has 1 N–H and O–H groups in total. The molecule has 140 valence electrons. The summed E-state index contributed by atoms with van der Waals surface area (Å²) in [5, 5.41) is 3.25. The highest BCUT2D eigenvalue weighted by atomic mass is 32.2. The molecule has 7 heteroatoms. The summed E-state index contributed by atoms with van der Waals surface area (Å²) in [6.07, 6.45) is 0. The molecule has 1 aromatic rings. The van der Waals surface area contributed by atoms with Gasteiger partial charge in [0.25, 0.3) is 0 Å². The lowest BCUT2D eigenvalue weighted by molar-refractivity contribution is 0.353. The van der Waals surface area contributed by atoms with Gasteiger partial charge in [0, 0.05) is 32.1 Å². The van der Waals surface area contributed by atoms with Crippen LogP contribution < -0.4 is 5.32 Å². The zero-order valence-electron chi connectivity index (χ0n) is 15.4. The van der Waals surface area contributed by atoms with Crippen LogP contribution in [0, 0.1) is 5.82 Å². The molecule has 0 aliphatic carbocycles. The Labute approximate surface area is 150 Å². The van der Waals surface area contributed by atoms with Crippen LogP contribution in [-0.2, 0) is 9.84 Å². The van der Waals surface area contributed by atoms with Gasteiger partial charge in [-0.05, 0) is 38.5 Å². The summed E-state index contributed by atoms with van der Waals surface area (Å²) in [6, 6.07) is 6.47. The number of nitrogens with zero attached hydrogens (tertiary/aromatic N) is 2. The summed E-state index contributed by atoms with van der Waals surface area (Å²) in [5.41, 5.74) is 1.03. The standard InChI is InChI=1S/C18H28FN3O2S/c1-5-20-17(22-10-11-25(23,24)18(3,4)13-22)21-12-14(2)15-6-8-16(19)9-7-15/h6-9,14H,5,10-13H2,1-4H3,(H,20,21). The lowest BCUT2D eigenvalue weighted by Gasteiger charge is -2.39. The van der Waals surface area contributed by atoms with E-state index < -0.39 is 14.6 Å². The largest absolute Gasteiger partial charge is 0.357 e. The van der Waals surface area contributed by atoms with Crippen molar-refractivity contribution in [2.24, 2.45) is 4.99 Å². The number of aliphatic imine (C=N–C) groups is 1. The summed E-state index contributed by atoms with van der Waals surface area (Å²) in [4.78, 5) is 6.71. The Morgan fingerprint density at radius 1 is 1.36 bits per heavy atom. The van der Waals surface area contributed by atoms with Crippen LogP contribution >= 0.6 is 0 Å². The van der Waals surface area contributed by atoms with E-state index >= 15 is 0 Å². The maximum absolute atomic E-state index is 13.0. The Morgan fingerprint density at radius 2 is 2.00 bits per heavy atom. The number of nitrogens with one attached hydrogen (secondary N) is 1. The first-order valence-corrected chi connectivity index (χ1v) is 10.3. The van der Waals surface area contributed by atoms with Gasteiger partial charge < -0.3 is 10.2 Å². The molecule has 0 radical (unpaired) electrons. The molecule has 1 unspecified atom stereocenters. The quantitative estimate of drug-likeness (QED) is 0.654. The molecule has 0 bridgehead atoms. The SMILES string of the molecule is CCNC(=NCC(C)c1ccc(F)cc1)N1CCS(=O)(=O)C(C)(C)C1. The van der Waals surface area contributed by atoms with E-state index in [4.69, 9.17) is 4.99 Å². The molecule has 1 atom stereocenters. The summed E-state index contributed by atoms with van der Waals surface area (Å²) in [5.74, 6) is 0.776. The van der Waals surface area contributed by atoms with E-state index in [0.717, 1.165) is 11.5 Å². The lowest BCUT2D eigenvalue weighted by Crippen LogP contribution is -2.57. The van der Waals surface area contributed by atoms with Crippen LogP contribution in [0.3, 0.4) is 0 Å². The van der Waals surface area contributed by atoms with Gasteiger partial charge in [-0.3, -0.25) is 4.99 Å². The number of hydrogen-bond acceptors (Lipinski definition) is 3. The first kappa shape index (κ1) is 19.7. The smallest absolute Gasteiger partial charge is 0.194 e. The summed E-state index contributed by atoms with van der Waals surface area (Å²) >= 11 is 0. The van der Waals surface area contributed by atoms with Crippen molar-refractivity contribution in [1.82, 2.24) is 10.2 Å². The predicted octanol–water partition coefficient (Wildman–Crippen LogP) is 2.40. The van der Waals surface area contributed by atoms with Crippen molar-refractivity contribution in [2.45, 2.75) is 38.4 Å². The fraction of sp³-hybridized carbons (Fsp3) is 0.611. The van der Waals surface area contributed by atoms with Gasteiger partial charge in [0.15, 0.2) is 15.8 Å². The number of benzene rings is 1. The van der Waals surface area contributed by atoms with E-state index in [2.05, 4.69) is 5.32 Å². The molecule has 1 heterocycles. The van der Waals surface area contributed by atoms with Gasteiger partial charge in [0.2, 0.25) is 0 Å². The van der Waals surface area contributed by atoms with E-state index in [-0.39, 0.29) is 17.5 Å². The third-order valence-electron chi connectivity index (χ3n) is 4.63. The molecule has 2 rings (SSSR count). The monoisotopic (exact) mass is 369 g/mol. The number of rotatable bonds is 4. The molecular formula is C18H28FN3O2S. The summed E-state index contributed by atoms with van der Waals surface area (Å²) in [6.45, 7) is 9.70. The van der Waals surface area contributed by atoms with E-state index in [1.165, 1.54) is 12.1 Å². The Balaban J connectivity index is 2.12. The fourth-order valence-corrected chi connectivity index (χ4v) is 4.24. The van der Waals surface area contributed by atoms with Crippen molar-refractivity contribution in [3.05, 3.63) is 35.6 Å². The molecule has 0 spiro atoms. The molecule has 1 saturated heterocycles. The van der Waals surface area contributed by atoms with Crippen molar-refractivity contribution in [1.29, 1.82) is 0 Å². The average Bonchev–Trinajstić information content (AvgIpc) is 2.54. The van der Waals surface area contributed by atoms with Gasteiger partial charge >= 0.3 is 0 Å². The Morgan fingerprint density at radius 3 is 2.56 bits per heavy atom. The molecule has 0 aromatic heterocycles. The van der Waals surface area contributed by atoms with Gasteiger partial charge in [-0.15, -0.1) is 0 Å². The minimum Gasteiger partial charge on any atom is -0.357 e. The highest BCUT2D eigenvalue weighted by Crippen LogP contribution is 2.24. The van der Waals surface area contributed by atoms with Gasteiger partial charge in [-0.2, -0.15) is 0 Å². The van der Waals surface area contributed by atoms with Crippen LogP contribution in [0.1, 0.15) is 39.2 Å². The van der Waals surface area contributed by atoms with Crippen LogP contribution in [0.4, 0.5) is 4.39 Å². The second-order valence-corrected chi connectivity index (χ2v) is 9.89. The predicted molar refractivity (Wildman–Crippen MR) is 100 cm³/mol. The third kappa shape index (κ3) is 4.71. The maximum Gasteiger partial charge on any atom is 0.194 e. The molecule has 1 aromatic carbocycles. The lowest BCUT2D eigenvalue weighted by atomic mass is 10.0. The fourth-order valence-electron chi connectivity index (χ4n) is 2.87. The van der Waals surface area contributed by atoms with Gasteiger partial charge in [-0.1, -0.05) is 19.1 Å². The minimum atomic E-state index is -3.08.